The van der Waals surface area contributed by atoms with Crippen LogP contribution < -0.4 is 9.46 Å². The number of ether oxygens (including phenoxy) is 1. The third-order valence-corrected chi connectivity index (χ3v) is 6.04. The molecule has 1 atom stereocenters. The molecule has 9 heteroatoms. The second kappa shape index (κ2) is 8.39. The van der Waals surface area contributed by atoms with Crippen LogP contribution in [0.3, 0.4) is 0 Å². The molecule has 27 heavy (non-hydrogen) atoms. The molecule has 0 aliphatic carbocycles. The van der Waals surface area contributed by atoms with Crippen LogP contribution in [0.25, 0.3) is 0 Å². The molecule has 1 fully saturated rings. The Bertz CT molecular complexity index is 844. The Hall–Kier alpha value is -1.94. The molecule has 1 aromatic carbocycles. The van der Waals surface area contributed by atoms with E-state index in [4.69, 9.17) is 9.84 Å². The first-order valence-electron chi connectivity index (χ1n) is 8.94. The number of aryl methyl sites for hydroxylation is 2. The van der Waals surface area contributed by atoms with E-state index in [9.17, 15) is 8.42 Å². The van der Waals surface area contributed by atoms with Gasteiger partial charge in [-0.3, -0.25) is 4.90 Å². The van der Waals surface area contributed by atoms with Gasteiger partial charge < -0.3 is 14.4 Å². The minimum absolute atomic E-state index is 0.00903. The maximum absolute atomic E-state index is 12.5. The summed E-state index contributed by atoms with van der Waals surface area (Å²) in [5.74, 6) is 1.39. The van der Waals surface area contributed by atoms with Crippen molar-refractivity contribution in [2.75, 3.05) is 26.3 Å². The minimum Gasteiger partial charge on any atom is -0.491 e. The van der Waals surface area contributed by atoms with Crippen LogP contribution >= 0.6 is 0 Å². The molecule has 0 unspecified atom stereocenters. The lowest BCUT2D eigenvalue weighted by atomic mass is 10.2. The fourth-order valence-electron chi connectivity index (χ4n) is 3.12. The number of aromatic nitrogens is 2. The quantitative estimate of drug-likeness (QED) is 0.683. The molecule has 1 saturated heterocycles. The Morgan fingerprint density at radius 1 is 1.33 bits per heavy atom. The van der Waals surface area contributed by atoms with Crippen LogP contribution in [0.5, 0.6) is 5.75 Å². The molecular weight excluding hydrogens is 368 g/mol. The van der Waals surface area contributed by atoms with Gasteiger partial charge in [0.05, 0.1) is 6.61 Å². The van der Waals surface area contributed by atoms with E-state index >= 15 is 0 Å². The van der Waals surface area contributed by atoms with Crippen LogP contribution in [0.15, 0.2) is 35.5 Å². The predicted octanol–water partition coefficient (Wildman–Crippen LogP) is 0.652. The summed E-state index contributed by atoms with van der Waals surface area (Å²) in [5, 5.41) is 8.85. The van der Waals surface area contributed by atoms with Crippen molar-refractivity contribution >= 4 is 10.0 Å². The molecule has 2 N–H and O–H groups in total. The fourth-order valence-corrected chi connectivity index (χ4v) is 4.42. The molecule has 0 amide bonds. The normalized spacial score (nSPS) is 18.1. The molecule has 1 aliphatic rings. The lowest BCUT2D eigenvalue weighted by molar-refractivity contribution is 0.201. The number of likely N-dealkylation sites (tertiary alicyclic amines) is 1. The smallest absolute Gasteiger partial charge is 0.259 e. The highest BCUT2D eigenvalue weighted by molar-refractivity contribution is 7.89. The van der Waals surface area contributed by atoms with E-state index in [2.05, 4.69) is 14.6 Å². The molecular formula is C18H26N4O4S. The van der Waals surface area contributed by atoms with E-state index < -0.39 is 10.0 Å². The van der Waals surface area contributed by atoms with Crippen LogP contribution in [-0.2, 0) is 23.6 Å². The average Bonchev–Trinajstić information content (AvgIpc) is 3.21. The number of hydrogen-bond acceptors (Lipinski definition) is 6. The maximum Gasteiger partial charge on any atom is 0.259 e. The second-order valence-corrected chi connectivity index (χ2v) is 8.46. The standard InChI is InChI=1S/C18H26N4O4S/c1-14-19-18(13-21(14)2)27(24,25)20-16-7-8-22(12-16)11-15-3-5-17(6-4-15)26-10-9-23/h3-6,13,16,20,23H,7-12H2,1-2H3/t16-/m0/s1. The Morgan fingerprint density at radius 2 is 2.07 bits per heavy atom. The number of nitrogens with one attached hydrogen (secondary N) is 1. The molecule has 8 nitrogen and oxygen atoms in total. The Kier molecular flexibility index (Phi) is 6.15. The largest absolute Gasteiger partial charge is 0.491 e. The Morgan fingerprint density at radius 3 is 2.70 bits per heavy atom. The van der Waals surface area contributed by atoms with Gasteiger partial charge in [-0.25, -0.2) is 18.1 Å². The number of benzene rings is 1. The SMILES string of the molecule is Cc1nc(S(=O)(=O)N[C@H]2CCN(Cc3ccc(OCCO)cc3)C2)cn1C. The summed E-state index contributed by atoms with van der Waals surface area (Å²) in [4.78, 5) is 6.33. The topological polar surface area (TPSA) is 96.7 Å². The highest BCUT2D eigenvalue weighted by Crippen LogP contribution is 2.18. The molecule has 148 valence electrons. The van der Waals surface area contributed by atoms with Gasteiger partial charge in [0, 0.05) is 38.9 Å². The van der Waals surface area contributed by atoms with Crippen LogP contribution in [0.2, 0.25) is 0 Å². The summed E-state index contributed by atoms with van der Waals surface area (Å²) < 4.78 is 34.8. The van der Waals surface area contributed by atoms with Gasteiger partial charge >= 0.3 is 0 Å². The van der Waals surface area contributed by atoms with Crippen LogP contribution in [0.1, 0.15) is 17.8 Å². The van der Waals surface area contributed by atoms with Gasteiger partial charge in [-0.1, -0.05) is 12.1 Å². The molecule has 1 aliphatic heterocycles. The van der Waals surface area contributed by atoms with E-state index in [1.54, 1.807) is 18.5 Å². The molecule has 1 aromatic heterocycles. The zero-order valence-corrected chi connectivity index (χ0v) is 16.4. The van der Waals surface area contributed by atoms with Crippen LogP contribution in [0, 0.1) is 6.92 Å². The third-order valence-electron chi connectivity index (χ3n) is 4.65. The molecule has 2 aromatic rings. The second-order valence-electron chi connectivity index (χ2n) is 6.80. The van der Waals surface area contributed by atoms with E-state index in [1.807, 2.05) is 24.3 Å². The van der Waals surface area contributed by atoms with Crippen LogP contribution in [-0.4, -0.2) is 60.3 Å². The van der Waals surface area contributed by atoms with Crippen molar-refractivity contribution in [1.82, 2.24) is 19.2 Å². The molecule has 0 radical (unpaired) electrons. The average molecular weight is 394 g/mol. The van der Waals surface area contributed by atoms with E-state index in [-0.39, 0.29) is 24.3 Å². The summed E-state index contributed by atoms with van der Waals surface area (Å²) in [5.41, 5.74) is 1.13. The van der Waals surface area contributed by atoms with Gasteiger partial charge in [0.2, 0.25) is 0 Å². The maximum atomic E-state index is 12.5. The number of imidazole rings is 1. The van der Waals surface area contributed by atoms with Crippen molar-refractivity contribution in [3.8, 4) is 5.75 Å². The predicted molar refractivity (Wildman–Crippen MR) is 101 cm³/mol. The van der Waals surface area contributed by atoms with Crippen molar-refractivity contribution in [3.63, 3.8) is 0 Å². The van der Waals surface area contributed by atoms with Crippen molar-refractivity contribution in [1.29, 1.82) is 0 Å². The van der Waals surface area contributed by atoms with Crippen molar-refractivity contribution in [2.24, 2.45) is 7.05 Å². The first kappa shape index (κ1) is 19.8. The van der Waals surface area contributed by atoms with E-state index in [1.165, 1.54) is 6.20 Å². The number of aliphatic hydroxyl groups is 1. The number of nitrogens with zero attached hydrogens (tertiary/aromatic N) is 3. The van der Waals surface area contributed by atoms with Gasteiger partial charge in [-0.15, -0.1) is 0 Å². The van der Waals surface area contributed by atoms with Crippen LogP contribution in [0.4, 0.5) is 0 Å². The highest BCUT2D eigenvalue weighted by atomic mass is 32.2. The Balaban J connectivity index is 1.54. The number of sulfonamides is 1. The molecule has 0 saturated carbocycles. The highest BCUT2D eigenvalue weighted by Gasteiger charge is 2.28. The summed E-state index contributed by atoms with van der Waals surface area (Å²) in [6, 6.07) is 7.61. The first-order chi connectivity index (χ1) is 12.9. The fraction of sp³-hybridized carbons (Fsp3) is 0.500. The molecule has 3 rings (SSSR count). The summed E-state index contributed by atoms with van der Waals surface area (Å²) in [6.07, 6.45) is 2.30. The van der Waals surface area contributed by atoms with Gasteiger partial charge in [0.1, 0.15) is 18.2 Å². The van der Waals surface area contributed by atoms with E-state index in [0.29, 0.717) is 12.4 Å². The number of rotatable bonds is 8. The monoisotopic (exact) mass is 394 g/mol. The zero-order valence-electron chi connectivity index (χ0n) is 15.6. The zero-order chi connectivity index (χ0) is 19.4. The number of hydrogen-bond donors (Lipinski definition) is 2. The molecule has 0 bridgehead atoms. The lowest BCUT2D eigenvalue weighted by Crippen LogP contribution is -2.37. The van der Waals surface area contributed by atoms with E-state index in [0.717, 1.165) is 30.8 Å². The van der Waals surface area contributed by atoms with Gasteiger partial charge in [-0.2, -0.15) is 0 Å². The third kappa shape index (κ3) is 5.07. The first-order valence-corrected chi connectivity index (χ1v) is 10.4. The molecule has 0 spiro atoms. The summed E-state index contributed by atoms with van der Waals surface area (Å²) in [7, 11) is -1.83. The van der Waals surface area contributed by atoms with Gasteiger partial charge in [0.25, 0.3) is 10.0 Å². The van der Waals surface area contributed by atoms with Crippen molar-refractivity contribution < 1.29 is 18.3 Å². The van der Waals surface area contributed by atoms with Gasteiger partial charge in [-0.05, 0) is 31.0 Å². The van der Waals surface area contributed by atoms with Crippen molar-refractivity contribution in [3.05, 3.63) is 41.9 Å². The van der Waals surface area contributed by atoms with Gasteiger partial charge in [0.15, 0.2) is 5.03 Å². The minimum atomic E-state index is -3.60. The lowest BCUT2D eigenvalue weighted by Gasteiger charge is -2.17. The molecule has 2 heterocycles. The Labute approximate surface area is 159 Å². The number of aliphatic hydroxyl groups excluding tert-OH is 1. The summed E-state index contributed by atoms with van der Waals surface area (Å²) in [6.45, 7) is 4.29. The summed E-state index contributed by atoms with van der Waals surface area (Å²) >= 11 is 0. The van der Waals surface area contributed by atoms with Crippen molar-refractivity contribution in [2.45, 2.75) is 31.0 Å².